The van der Waals surface area contributed by atoms with Gasteiger partial charge in [-0.1, -0.05) is 29.3 Å². The van der Waals surface area contributed by atoms with Crippen molar-refractivity contribution in [2.24, 2.45) is 0 Å². The van der Waals surface area contributed by atoms with Crippen molar-refractivity contribution in [3.05, 3.63) is 47.0 Å². The van der Waals surface area contributed by atoms with E-state index in [4.69, 9.17) is 0 Å². The molecule has 0 radical (unpaired) electrons. The van der Waals surface area contributed by atoms with Gasteiger partial charge in [-0.3, -0.25) is 4.68 Å². The molecule has 2 aromatic rings. The molecule has 0 saturated carbocycles. The lowest BCUT2D eigenvalue weighted by Crippen LogP contribution is -2.26. The number of rotatable bonds is 4. The number of aromatic nitrogens is 3. The Morgan fingerprint density at radius 3 is 2.42 bits per heavy atom. The standard InChI is InChI=1S/C15H21N3O/c1-5-18-14(16-10-17-18)9-15(4,19)13-7-11(2)6-12(3)8-13/h6-8,10,19H,5,9H2,1-4H3. The molecule has 0 bridgehead atoms. The van der Waals surface area contributed by atoms with E-state index in [-0.39, 0.29) is 0 Å². The molecule has 1 unspecified atom stereocenters. The van der Waals surface area contributed by atoms with E-state index < -0.39 is 5.60 Å². The fourth-order valence-electron chi connectivity index (χ4n) is 2.38. The highest BCUT2D eigenvalue weighted by Crippen LogP contribution is 2.26. The van der Waals surface area contributed by atoms with E-state index in [9.17, 15) is 5.11 Å². The van der Waals surface area contributed by atoms with Crippen LogP contribution in [0.3, 0.4) is 0 Å². The van der Waals surface area contributed by atoms with Crippen molar-refractivity contribution < 1.29 is 5.11 Å². The molecule has 1 N–H and O–H groups in total. The highest BCUT2D eigenvalue weighted by atomic mass is 16.3. The summed E-state index contributed by atoms with van der Waals surface area (Å²) in [6.45, 7) is 8.69. The molecule has 1 atom stereocenters. The Balaban J connectivity index is 2.31. The molecular formula is C15H21N3O. The van der Waals surface area contributed by atoms with Crippen molar-refractivity contribution in [1.29, 1.82) is 0 Å². The molecule has 1 aromatic heterocycles. The van der Waals surface area contributed by atoms with Gasteiger partial charge < -0.3 is 5.11 Å². The second kappa shape index (κ2) is 5.13. The first-order chi connectivity index (χ1) is 8.92. The summed E-state index contributed by atoms with van der Waals surface area (Å²) in [7, 11) is 0. The Kier molecular flexibility index (Phi) is 3.71. The van der Waals surface area contributed by atoms with Gasteiger partial charge in [0.25, 0.3) is 0 Å². The minimum Gasteiger partial charge on any atom is -0.385 e. The average molecular weight is 259 g/mol. The number of hydrogen-bond acceptors (Lipinski definition) is 3. The molecule has 0 fully saturated rings. The monoisotopic (exact) mass is 259 g/mol. The Bertz CT molecular complexity index is 552. The highest BCUT2D eigenvalue weighted by Gasteiger charge is 2.26. The predicted octanol–water partition coefficient (Wildman–Crippen LogP) is 2.37. The Labute approximate surface area is 114 Å². The number of aliphatic hydroxyl groups is 1. The molecule has 0 aliphatic carbocycles. The molecule has 0 spiro atoms. The van der Waals surface area contributed by atoms with E-state index in [1.54, 1.807) is 0 Å². The van der Waals surface area contributed by atoms with Crippen LogP contribution >= 0.6 is 0 Å². The third-order valence-electron chi connectivity index (χ3n) is 3.34. The van der Waals surface area contributed by atoms with Gasteiger partial charge in [0.15, 0.2) is 0 Å². The topological polar surface area (TPSA) is 50.9 Å². The molecule has 1 heterocycles. The van der Waals surface area contributed by atoms with Gasteiger partial charge in [-0.2, -0.15) is 5.10 Å². The van der Waals surface area contributed by atoms with E-state index >= 15 is 0 Å². The lowest BCUT2D eigenvalue weighted by Gasteiger charge is -2.24. The fourth-order valence-corrected chi connectivity index (χ4v) is 2.38. The van der Waals surface area contributed by atoms with Crippen molar-refractivity contribution in [1.82, 2.24) is 14.8 Å². The van der Waals surface area contributed by atoms with Crippen LogP contribution in [-0.4, -0.2) is 19.9 Å². The van der Waals surface area contributed by atoms with Crippen LogP contribution in [0.15, 0.2) is 24.5 Å². The lowest BCUT2D eigenvalue weighted by atomic mass is 9.90. The van der Waals surface area contributed by atoms with Gasteiger partial charge in [-0.05, 0) is 33.3 Å². The maximum absolute atomic E-state index is 10.7. The van der Waals surface area contributed by atoms with Gasteiger partial charge in [0.05, 0.1) is 5.60 Å². The predicted molar refractivity (Wildman–Crippen MR) is 74.9 cm³/mol. The molecule has 2 rings (SSSR count). The quantitative estimate of drug-likeness (QED) is 0.917. The third-order valence-corrected chi connectivity index (χ3v) is 3.34. The summed E-state index contributed by atoms with van der Waals surface area (Å²) < 4.78 is 1.82. The summed E-state index contributed by atoms with van der Waals surface area (Å²) in [5, 5.41) is 14.9. The summed E-state index contributed by atoms with van der Waals surface area (Å²) in [5.41, 5.74) is 2.31. The van der Waals surface area contributed by atoms with Crippen molar-refractivity contribution in [3.8, 4) is 0 Å². The molecule has 0 saturated heterocycles. The maximum atomic E-state index is 10.7. The largest absolute Gasteiger partial charge is 0.385 e. The molecule has 0 amide bonds. The van der Waals surface area contributed by atoms with Gasteiger partial charge in [0, 0.05) is 13.0 Å². The molecule has 102 valence electrons. The number of hydrogen-bond donors (Lipinski definition) is 1. The maximum Gasteiger partial charge on any atom is 0.138 e. The zero-order valence-corrected chi connectivity index (χ0v) is 12.0. The van der Waals surface area contributed by atoms with Crippen molar-refractivity contribution >= 4 is 0 Å². The van der Waals surface area contributed by atoms with E-state index in [2.05, 4.69) is 16.1 Å². The van der Waals surface area contributed by atoms with Crippen LogP contribution < -0.4 is 0 Å². The first kappa shape index (κ1) is 13.7. The SMILES string of the molecule is CCn1ncnc1CC(C)(O)c1cc(C)cc(C)c1. The molecule has 19 heavy (non-hydrogen) atoms. The Hall–Kier alpha value is -1.68. The molecular weight excluding hydrogens is 238 g/mol. The molecule has 4 heteroatoms. The summed E-state index contributed by atoms with van der Waals surface area (Å²) in [5.74, 6) is 0.812. The summed E-state index contributed by atoms with van der Waals surface area (Å²) >= 11 is 0. The summed E-state index contributed by atoms with van der Waals surface area (Å²) in [6, 6.07) is 6.16. The van der Waals surface area contributed by atoms with Crippen molar-refractivity contribution in [2.45, 2.75) is 46.3 Å². The first-order valence-electron chi connectivity index (χ1n) is 6.60. The van der Waals surface area contributed by atoms with Crippen LogP contribution in [0.1, 0.15) is 36.4 Å². The minimum absolute atomic E-state index is 0.462. The van der Waals surface area contributed by atoms with Crippen LogP contribution in [0, 0.1) is 13.8 Å². The average Bonchev–Trinajstić information content (AvgIpc) is 2.74. The highest BCUT2D eigenvalue weighted by molar-refractivity contribution is 5.32. The van der Waals surface area contributed by atoms with E-state index in [1.807, 2.05) is 44.5 Å². The van der Waals surface area contributed by atoms with Crippen LogP contribution in [0.4, 0.5) is 0 Å². The lowest BCUT2D eigenvalue weighted by molar-refractivity contribution is 0.0542. The summed E-state index contributed by atoms with van der Waals surface area (Å²) in [4.78, 5) is 4.23. The van der Waals surface area contributed by atoms with Crippen LogP contribution in [0.2, 0.25) is 0 Å². The number of aryl methyl sites for hydroxylation is 3. The van der Waals surface area contributed by atoms with Crippen LogP contribution in [0.25, 0.3) is 0 Å². The van der Waals surface area contributed by atoms with Crippen LogP contribution in [-0.2, 0) is 18.6 Å². The van der Waals surface area contributed by atoms with Crippen molar-refractivity contribution in [3.63, 3.8) is 0 Å². The number of benzene rings is 1. The third kappa shape index (κ3) is 3.01. The van der Waals surface area contributed by atoms with Crippen molar-refractivity contribution in [2.75, 3.05) is 0 Å². The van der Waals surface area contributed by atoms with E-state index in [0.29, 0.717) is 6.42 Å². The van der Waals surface area contributed by atoms with Gasteiger partial charge in [0.1, 0.15) is 12.2 Å². The smallest absolute Gasteiger partial charge is 0.138 e. The molecule has 4 nitrogen and oxygen atoms in total. The Morgan fingerprint density at radius 2 is 1.84 bits per heavy atom. The van der Waals surface area contributed by atoms with Gasteiger partial charge >= 0.3 is 0 Å². The van der Waals surface area contributed by atoms with Gasteiger partial charge in [-0.25, -0.2) is 4.98 Å². The Morgan fingerprint density at radius 1 is 1.21 bits per heavy atom. The first-order valence-corrected chi connectivity index (χ1v) is 6.60. The fraction of sp³-hybridized carbons (Fsp3) is 0.467. The normalized spacial score (nSPS) is 14.4. The molecule has 0 aliphatic heterocycles. The summed E-state index contributed by atoms with van der Waals surface area (Å²) in [6.07, 6.45) is 2.00. The van der Waals surface area contributed by atoms with Gasteiger partial charge in [-0.15, -0.1) is 0 Å². The second-order valence-corrected chi connectivity index (χ2v) is 5.32. The second-order valence-electron chi connectivity index (χ2n) is 5.32. The van der Waals surface area contributed by atoms with E-state index in [0.717, 1.165) is 29.1 Å². The van der Waals surface area contributed by atoms with E-state index in [1.165, 1.54) is 6.33 Å². The molecule has 0 aliphatic rings. The number of nitrogens with zero attached hydrogens (tertiary/aromatic N) is 3. The van der Waals surface area contributed by atoms with Crippen LogP contribution in [0.5, 0.6) is 0 Å². The zero-order valence-electron chi connectivity index (χ0n) is 12.0. The zero-order chi connectivity index (χ0) is 14.0. The van der Waals surface area contributed by atoms with Gasteiger partial charge in [0.2, 0.25) is 0 Å². The minimum atomic E-state index is -0.934. The molecule has 1 aromatic carbocycles.